The summed E-state index contributed by atoms with van der Waals surface area (Å²) >= 11 is 0. The molecule has 0 heterocycles. The van der Waals surface area contributed by atoms with Gasteiger partial charge in [0, 0.05) is 13.2 Å². The third-order valence-corrected chi connectivity index (χ3v) is 3.70. The summed E-state index contributed by atoms with van der Waals surface area (Å²) in [4.78, 5) is 0. The van der Waals surface area contributed by atoms with Crippen LogP contribution in [-0.4, -0.2) is 18.8 Å². The van der Waals surface area contributed by atoms with Crippen molar-refractivity contribution in [1.82, 2.24) is 0 Å². The van der Waals surface area contributed by atoms with Crippen LogP contribution < -0.4 is 5.73 Å². The fraction of sp³-hybridized carbons (Fsp3) is 0.857. The minimum Gasteiger partial charge on any atom is -0.377 e. The van der Waals surface area contributed by atoms with E-state index in [0.29, 0.717) is 0 Å². The molecule has 0 aromatic rings. The van der Waals surface area contributed by atoms with E-state index in [9.17, 15) is 0 Å². The lowest BCUT2D eigenvalue weighted by atomic mass is 9.85. The number of allylic oxidation sites excluding steroid dienone is 1. The van der Waals surface area contributed by atoms with Crippen molar-refractivity contribution in [2.24, 2.45) is 5.73 Å². The van der Waals surface area contributed by atoms with Crippen molar-refractivity contribution >= 4 is 0 Å². The van der Waals surface area contributed by atoms with Crippen LogP contribution in [0.15, 0.2) is 12.7 Å². The van der Waals surface area contributed by atoms with E-state index in [1.807, 2.05) is 6.08 Å². The summed E-state index contributed by atoms with van der Waals surface area (Å²) in [6.45, 7) is 8.04. The van der Waals surface area contributed by atoms with Crippen LogP contribution in [-0.2, 0) is 4.74 Å². The lowest BCUT2D eigenvalue weighted by Gasteiger charge is -2.36. The third kappa shape index (κ3) is 4.67. The van der Waals surface area contributed by atoms with Crippen LogP contribution in [0.5, 0.6) is 0 Å². The first-order chi connectivity index (χ1) is 7.66. The van der Waals surface area contributed by atoms with E-state index in [0.717, 1.165) is 25.7 Å². The molecular weight excluding hydrogens is 198 g/mol. The van der Waals surface area contributed by atoms with Crippen molar-refractivity contribution in [3.05, 3.63) is 12.7 Å². The highest BCUT2D eigenvalue weighted by molar-refractivity contribution is 4.88. The van der Waals surface area contributed by atoms with Gasteiger partial charge in [0.25, 0.3) is 0 Å². The topological polar surface area (TPSA) is 35.2 Å². The molecule has 0 radical (unpaired) electrons. The molecule has 96 valence electrons. The van der Waals surface area contributed by atoms with E-state index < -0.39 is 0 Å². The largest absolute Gasteiger partial charge is 0.377 e. The first kappa shape index (κ1) is 15.7. The number of hydrogen-bond donors (Lipinski definition) is 1. The summed E-state index contributed by atoms with van der Waals surface area (Å²) in [5.41, 5.74) is 6.14. The Morgan fingerprint density at radius 3 is 2.31 bits per heavy atom. The van der Waals surface area contributed by atoms with Crippen LogP contribution in [0.2, 0.25) is 0 Å². The van der Waals surface area contributed by atoms with E-state index in [4.69, 9.17) is 10.5 Å². The van der Waals surface area contributed by atoms with Gasteiger partial charge in [0.05, 0.1) is 5.60 Å². The molecule has 0 aromatic carbocycles. The first-order valence-electron chi connectivity index (χ1n) is 6.58. The highest BCUT2D eigenvalue weighted by atomic mass is 16.5. The van der Waals surface area contributed by atoms with E-state index in [1.54, 1.807) is 7.11 Å². The molecule has 0 rings (SSSR count). The van der Waals surface area contributed by atoms with Crippen molar-refractivity contribution in [1.29, 1.82) is 0 Å². The summed E-state index contributed by atoms with van der Waals surface area (Å²) in [6.07, 6.45) is 9.82. The van der Waals surface area contributed by atoms with Gasteiger partial charge in [-0.05, 0) is 32.1 Å². The van der Waals surface area contributed by atoms with Gasteiger partial charge in [0.1, 0.15) is 0 Å². The Morgan fingerprint density at radius 2 is 1.88 bits per heavy atom. The fourth-order valence-corrected chi connectivity index (χ4v) is 2.31. The quantitative estimate of drug-likeness (QED) is 0.456. The second-order valence-electron chi connectivity index (χ2n) is 4.51. The summed E-state index contributed by atoms with van der Waals surface area (Å²) in [5, 5.41) is 0. The van der Waals surface area contributed by atoms with Crippen molar-refractivity contribution in [3.8, 4) is 0 Å². The zero-order valence-electron chi connectivity index (χ0n) is 11.3. The highest BCUT2D eigenvalue weighted by Gasteiger charge is 2.32. The number of methoxy groups -OCH3 is 1. The molecule has 0 fully saturated rings. The molecule has 0 spiro atoms. The Hall–Kier alpha value is -0.340. The Labute approximate surface area is 101 Å². The van der Waals surface area contributed by atoms with E-state index in [2.05, 4.69) is 20.4 Å². The molecular formula is C14H29NO. The zero-order chi connectivity index (χ0) is 12.4. The summed E-state index contributed by atoms with van der Waals surface area (Å²) in [7, 11) is 1.78. The maximum Gasteiger partial charge on any atom is 0.0823 e. The average Bonchev–Trinajstić information content (AvgIpc) is 2.32. The molecule has 0 saturated heterocycles. The van der Waals surface area contributed by atoms with Crippen LogP contribution in [0, 0.1) is 0 Å². The first-order valence-corrected chi connectivity index (χ1v) is 6.58. The predicted octanol–water partition coefficient (Wildman–Crippen LogP) is 3.66. The van der Waals surface area contributed by atoms with Crippen molar-refractivity contribution < 1.29 is 4.74 Å². The molecule has 0 aromatic heterocycles. The maximum absolute atomic E-state index is 6.25. The van der Waals surface area contributed by atoms with E-state index in [-0.39, 0.29) is 11.6 Å². The van der Waals surface area contributed by atoms with Gasteiger partial charge in [-0.25, -0.2) is 0 Å². The van der Waals surface area contributed by atoms with Gasteiger partial charge in [0.2, 0.25) is 0 Å². The molecule has 0 bridgehead atoms. The van der Waals surface area contributed by atoms with Crippen LogP contribution >= 0.6 is 0 Å². The standard InChI is InChI=1S/C14H29NO/c1-5-8-9-10-11-12-13(15)14(6-2,7-3)16-4/h5,13H,1,6-12,15H2,2-4H3. The number of nitrogens with two attached hydrogens (primary N) is 1. The molecule has 2 N–H and O–H groups in total. The molecule has 0 aliphatic heterocycles. The lowest BCUT2D eigenvalue weighted by Crippen LogP contribution is -2.48. The molecule has 1 atom stereocenters. The normalized spacial score (nSPS) is 13.8. The van der Waals surface area contributed by atoms with Crippen LogP contribution in [0.4, 0.5) is 0 Å². The van der Waals surface area contributed by atoms with Crippen molar-refractivity contribution in [3.63, 3.8) is 0 Å². The molecule has 2 nitrogen and oxygen atoms in total. The molecule has 0 saturated carbocycles. The maximum atomic E-state index is 6.25. The van der Waals surface area contributed by atoms with Gasteiger partial charge in [0.15, 0.2) is 0 Å². The Balaban J connectivity index is 3.92. The summed E-state index contributed by atoms with van der Waals surface area (Å²) < 4.78 is 5.64. The number of ether oxygens (including phenoxy) is 1. The molecule has 2 heteroatoms. The number of hydrogen-bond acceptors (Lipinski definition) is 2. The minimum absolute atomic E-state index is 0.113. The Morgan fingerprint density at radius 1 is 1.25 bits per heavy atom. The monoisotopic (exact) mass is 227 g/mol. The lowest BCUT2D eigenvalue weighted by molar-refractivity contribution is -0.0398. The average molecular weight is 227 g/mol. The van der Waals surface area contributed by atoms with Crippen molar-refractivity contribution in [2.75, 3.05) is 7.11 Å². The number of unbranched alkanes of at least 4 members (excludes halogenated alkanes) is 3. The van der Waals surface area contributed by atoms with Gasteiger partial charge in [-0.15, -0.1) is 6.58 Å². The molecule has 0 aliphatic rings. The molecule has 16 heavy (non-hydrogen) atoms. The van der Waals surface area contributed by atoms with Gasteiger partial charge in [-0.3, -0.25) is 0 Å². The van der Waals surface area contributed by atoms with Gasteiger partial charge < -0.3 is 10.5 Å². The van der Waals surface area contributed by atoms with Crippen LogP contribution in [0.1, 0.15) is 58.8 Å². The van der Waals surface area contributed by atoms with Crippen molar-refractivity contribution in [2.45, 2.75) is 70.4 Å². The fourth-order valence-electron chi connectivity index (χ4n) is 2.31. The summed E-state index contributed by atoms with van der Waals surface area (Å²) in [5.74, 6) is 0. The zero-order valence-corrected chi connectivity index (χ0v) is 11.3. The van der Waals surface area contributed by atoms with Gasteiger partial charge in [-0.2, -0.15) is 0 Å². The second-order valence-corrected chi connectivity index (χ2v) is 4.51. The Kier molecular flexibility index (Phi) is 8.58. The van der Waals surface area contributed by atoms with Crippen LogP contribution in [0.25, 0.3) is 0 Å². The highest BCUT2D eigenvalue weighted by Crippen LogP contribution is 2.26. The van der Waals surface area contributed by atoms with Gasteiger partial charge in [-0.1, -0.05) is 32.8 Å². The van der Waals surface area contributed by atoms with Crippen LogP contribution in [0.3, 0.4) is 0 Å². The molecule has 0 amide bonds. The smallest absolute Gasteiger partial charge is 0.0823 e. The van der Waals surface area contributed by atoms with E-state index in [1.165, 1.54) is 19.3 Å². The predicted molar refractivity (Wildman–Crippen MR) is 71.6 cm³/mol. The minimum atomic E-state index is -0.113. The van der Waals surface area contributed by atoms with Gasteiger partial charge >= 0.3 is 0 Å². The summed E-state index contributed by atoms with van der Waals surface area (Å²) in [6, 6.07) is 0.163. The SMILES string of the molecule is C=CCCCCCC(N)C(CC)(CC)OC. The third-order valence-electron chi connectivity index (χ3n) is 3.70. The second kappa shape index (κ2) is 8.77. The molecule has 1 unspecified atom stereocenters. The Bertz CT molecular complexity index is 167. The molecule has 0 aliphatic carbocycles. The van der Waals surface area contributed by atoms with E-state index >= 15 is 0 Å². The number of rotatable bonds is 10.